The van der Waals surface area contributed by atoms with Crippen molar-refractivity contribution < 1.29 is 22.4 Å². The third-order valence-electron chi connectivity index (χ3n) is 4.65. The number of halogens is 3. The van der Waals surface area contributed by atoms with E-state index < -0.39 is 17.5 Å². The van der Waals surface area contributed by atoms with Gasteiger partial charge in [-0.25, -0.2) is 4.98 Å². The zero-order valence-corrected chi connectivity index (χ0v) is 14.1. The fraction of sp³-hybridized carbons (Fsp3) is 0.200. The normalized spacial score (nSPS) is 15.4. The van der Waals surface area contributed by atoms with Crippen molar-refractivity contribution in [3.05, 3.63) is 60.7 Å². The molecule has 7 heteroatoms. The first-order chi connectivity index (χ1) is 12.9. The molecule has 1 aliphatic carbocycles. The van der Waals surface area contributed by atoms with E-state index in [1.807, 2.05) is 12.1 Å². The lowest BCUT2D eigenvalue weighted by Gasteiger charge is -2.17. The molecule has 1 amide bonds. The third kappa shape index (κ3) is 3.09. The Morgan fingerprint density at radius 2 is 1.52 bits per heavy atom. The first-order valence-corrected chi connectivity index (χ1v) is 8.41. The van der Waals surface area contributed by atoms with Crippen molar-refractivity contribution in [3.63, 3.8) is 0 Å². The Morgan fingerprint density at radius 3 is 2.04 bits per heavy atom. The number of benzene rings is 2. The summed E-state index contributed by atoms with van der Waals surface area (Å²) in [6.07, 6.45) is -5.03. The van der Waals surface area contributed by atoms with E-state index in [9.17, 15) is 18.0 Å². The van der Waals surface area contributed by atoms with E-state index in [-0.39, 0.29) is 24.6 Å². The molecule has 1 heterocycles. The first kappa shape index (κ1) is 17.3. The number of carbonyl (C=O) groups excluding carboxylic acids is 1. The van der Waals surface area contributed by atoms with Gasteiger partial charge in [-0.15, -0.1) is 0 Å². The lowest BCUT2D eigenvalue weighted by Crippen LogP contribution is -2.37. The molecule has 0 unspecified atom stereocenters. The van der Waals surface area contributed by atoms with E-state index in [1.165, 1.54) is 0 Å². The summed E-state index contributed by atoms with van der Waals surface area (Å²) in [5, 5.41) is 2.32. The number of amides is 1. The van der Waals surface area contributed by atoms with Crippen LogP contribution < -0.4 is 5.32 Å². The van der Waals surface area contributed by atoms with Crippen molar-refractivity contribution in [2.75, 3.05) is 5.32 Å². The number of alkyl halides is 3. The predicted molar refractivity (Wildman–Crippen MR) is 93.7 cm³/mol. The van der Waals surface area contributed by atoms with Crippen molar-refractivity contribution in [1.82, 2.24) is 4.98 Å². The molecular formula is C20H15F3N2O2. The van der Waals surface area contributed by atoms with Crippen LogP contribution in [-0.2, 0) is 4.79 Å². The van der Waals surface area contributed by atoms with Crippen molar-refractivity contribution >= 4 is 11.8 Å². The Kier molecular flexibility index (Phi) is 4.02. The molecule has 1 saturated carbocycles. The maximum atomic E-state index is 13.2. The first-order valence-electron chi connectivity index (χ1n) is 8.41. The van der Waals surface area contributed by atoms with Gasteiger partial charge in [-0.05, 0) is 25.0 Å². The predicted octanol–water partition coefficient (Wildman–Crippen LogP) is 5.29. The molecule has 1 fully saturated rings. The molecule has 0 saturated heterocycles. The molecule has 1 N–H and O–H groups in total. The van der Waals surface area contributed by atoms with Crippen LogP contribution in [0.15, 0.2) is 65.1 Å². The van der Waals surface area contributed by atoms with Crippen molar-refractivity contribution in [2.24, 2.45) is 5.41 Å². The van der Waals surface area contributed by atoms with Crippen molar-refractivity contribution in [3.8, 4) is 22.7 Å². The fourth-order valence-corrected chi connectivity index (χ4v) is 2.89. The van der Waals surface area contributed by atoms with Crippen LogP contribution in [0.5, 0.6) is 0 Å². The molecule has 0 bridgehead atoms. The summed E-state index contributed by atoms with van der Waals surface area (Å²) < 4.78 is 45.4. The molecule has 1 aliphatic rings. The number of hydrogen-bond donors (Lipinski definition) is 1. The fourth-order valence-electron chi connectivity index (χ4n) is 2.89. The number of nitrogens with one attached hydrogen (secondary N) is 1. The Balaban J connectivity index is 1.73. The molecule has 0 radical (unpaired) electrons. The van der Waals surface area contributed by atoms with E-state index in [2.05, 4.69) is 10.3 Å². The van der Waals surface area contributed by atoms with Gasteiger partial charge in [0.1, 0.15) is 11.1 Å². The summed E-state index contributed by atoms with van der Waals surface area (Å²) in [5.74, 6) is -0.967. The zero-order valence-electron chi connectivity index (χ0n) is 14.1. The summed E-state index contributed by atoms with van der Waals surface area (Å²) >= 11 is 0. The SMILES string of the molecule is O=C(Nc1oc(-c2ccccc2)nc1-c1ccccc1)C1(C(F)(F)F)CC1. The van der Waals surface area contributed by atoms with Crippen LogP contribution in [0.25, 0.3) is 22.7 Å². The number of carbonyl (C=O) groups is 1. The molecule has 138 valence electrons. The Bertz CT molecular complexity index is 962. The monoisotopic (exact) mass is 372 g/mol. The van der Waals surface area contributed by atoms with Gasteiger partial charge < -0.3 is 4.42 Å². The zero-order chi connectivity index (χ0) is 19.1. The highest BCUT2D eigenvalue weighted by Crippen LogP contribution is 2.58. The second-order valence-corrected chi connectivity index (χ2v) is 6.46. The van der Waals surface area contributed by atoms with Gasteiger partial charge >= 0.3 is 6.18 Å². The van der Waals surface area contributed by atoms with Gasteiger partial charge in [0, 0.05) is 11.1 Å². The largest absolute Gasteiger partial charge is 0.420 e. The van der Waals surface area contributed by atoms with Gasteiger partial charge in [0.05, 0.1) is 0 Å². The summed E-state index contributed by atoms with van der Waals surface area (Å²) in [5.41, 5.74) is -0.746. The molecule has 2 aromatic carbocycles. The summed E-state index contributed by atoms with van der Waals surface area (Å²) in [4.78, 5) is 16.8. The summed E-state index contributed by atoms with van der Waals surface area (Å²) in [6.45, 7) is 0. The highest BCUT2D eigenvalue weighted by atomic mass is 19.4. The summed E-state index contributed by atoms with van der Waals surface area (Å²) in [6, 6.07) is 17.8. The second-order valence-electron chi connectivity index (χ2n) is 6.46. The Labute approximate surface area is 153 Å². The quantitative estimate of drug-likeness (QED) is 0.677. The number of nitrogens with zero attached hydrogens (tertiary/aromatic N) is 1. The minimum Gasteiger partial charge on any atom is -0.420 e. The molecule has 0 atom stereocenters. The third-order valence-corrected chi connectivity index (χ3v) is 4.65. The van der Waals surface area contributed by atoms with Crippen LogP contribution >= 0.6 is 0 Å². The molecule has 0 aliphatic heterocycles. The second kappa shape index (κ2) is 6.26. The highest BCUT2D eigenvalue weighted by molar-refractivity contribution is 5.99. The van der Waals surface area contributed by atoms with Crippen LogP contribution in [0.1, 0.15) is 12.8 Å². The van der Waals surface area contributed by atoms with Gasteiger partial charge in [0.2, 0.25) is 17.7 Å². The van der Waals surface area contributed by atoms with E-state index in [4.69, 9.17) is 4.42 Å². The number of rotatable bonds is 4. The Hall–Kier alpha value is -3.09. The van der Waals surface area contributed by atoms with Crippen LogP contribution in [0.2, 0.25) is 0 Å². The van der Waals surface area contributed by atoms with Crippen LogP contribution in [0.4, 0.5) is 19.1 Å². The average molecular weight is 372 g/mol. The minimum absolute atomic E-state index is 0.0828. The number of oxazole rings is 1. The van der Waals surface area contributed by atoms with Crippen molar-refractivity contribution in [2.45, 2.75) is 19.0 Å². The molecule has 3 aromatic rings. The molecule has 4 nitrogen and oxygen atoms in total. The molecule has 4 rings (SSSR count). The lowest BCUT2D eigenvalue weighted by atomic mass is 10.1. The maximum absolute atomic E-state index is 13.2. The molecule has 27 heavy (non-hydrogen) atoms. The molecular weight excluding hydrogens is 357 g/mol. The standard InChI is InChI=1S/C20H15F3N2O2/c21-20(22,23)19(11-12-19)18(26)25-17-15(13-7-3-1-4-8-13)24-16(27-17)14-9-5-2-6-10-14/h1-10H,11-12H2,(H,25,26). The topological polar surface area (TPSA) is 55.1 Å². The average Bonchev–Trinajstić information content (AvgIpc) is 3.40. The number of anilines is 1. The maximum Gasteiger partial charge on any atom is 0.403 e. The lowest BCUT2D eigenvalue weighted by molar-refractivity contribution is -0.189. The molecule has 0 spiro atoms. The smallest absolute Gasteiger partial charge is 0.403 e. The van der Waals surface area contributed by atoms with Crippen LogP contribution in [0.3, 0.4) is 0 Å². The van der Waals surface area contributed by atoms with Gasteiger partial charge in [0.15, 0.2) is 0 Å². The van der Waals surface area contributed by atoms with E-state index >= 15 is 0 Å². The Morgan fingerprint density at radius 1 is 0.963 bits per heavy atom. The number of aromatic nitrogens is 1. The van der Waals surface area contributed by atoms with Crippen molar-refractivity contribution in [1.29, 1.82) is 0 Å². The van der Waals surface area contributed by atoms with Gasteiger partial charge in [-0.1, -0.05) is 48.5 Å². The van der Waals surface area contributed by atoms with Crippen LogP contribution in [-0.4, -0.2) is 17.1 Å². The number of hydrogen-bond acceptors (Lipinski definition) is 3. The van der Waals surface area contributed by atoms with E-state index in [0.717, 1.165) is 0 Å². The summed E-state index contributed by atoms with van der Waals surface area (Å²) in [7, 11) is 0. The van der Waals surface area contributed by atoms with Gasteiger partial charge in [-0.2, -0.15) is 13.2 Å². The van der Waals surface area contributed by atoms with E-state index in [0.29, 0.717) is 16.8 Å². The minimum atomic E-state index is -4.59. The highest BCUT2D eigenvalue weighted by Gasteiger charge is 2.68. The van der Waals surface area contributed by atoms with Crippen LogP contribution in [0, 0.1) is 5.41 Å². The van der Waals surface area contributed by atoms with Gasteiger partial charge in [0.25, 0.3) is 0 Å². The van der Waals surface area contributed by atoms with E-state index in [1.54, 1.807) is 48.5 Å². The molecule has 1 aromatic heterocycles. The van der Waals surface area contributed by atoms with Gasteiger partial charge in [-0.3, -0.25) is 10.1 Å².